The van der Waals surface area contributed by atoms with E-state index in [0.717, 1.165) is 42.0 Å². The lowest BCUT2D eigenvalue weighted by atomic mass is 9.69. The van der Waals surface area contributed by atoms with Crippen LogP contribution in [0.1, 0.15) is 48.8 Å². The maximum Gasteiger partial charge on any atom is 0.387 e. The average Bonchev–Trinajstić information content (AvgIpc) is 2.68. The number of alkyl halides is 2. The zero-order valence-electron chi connectivity index (χ0n) is 15.8. The van der Waals surface area contributed by atoms with Crippen LogP contribution in [0.5, 0.6) is 5.75 Å². The minimum Gasteiger partial charge on any atom is -0.435 e. The van der Waals surface area contributed by atoms with Gasteiger partial charge in [0.1, 0.15) is 11.6 Å². The lowest BCUT2D eigenvalue weighted by Crippen LogP contribution is -2.22. The first-order valence-corrected chi connectivity index (χ1v) is 9.82. The molecule has 3 aromatic rings. The van der Waals surface area contributed by atoms with E-state index in [1.165, 1.54) is 17.2 Å². The van der Waals surface area contributed by atoms with E-state index in [9.17, 15) is 13.2 Å². The molecule has 0 heterocycles. The van der Waals surface area contributed by atoms with Crippen LogP contribution >= 0.6 is 0 Å². The lowest BCUT2D eigenvalue weighted by molar-refractivity contribution is -0.0498. The molecule has 0 spiro atoms. The molecular formula is C24H23F3O. The normalized spacial score (nSPS) is 19.0. The van der Waals surface area contributed by atoms with E-state index in [-0.39, 0.29) is 17.5 Å². The average molecular weight is 384 g/mol. The van der Waals surface area contributed by atoms with Gasteiger partial charge in [-0.05, 0) is 76.9 Å². The van der Waals surface area contributed by atoms with Gasteiger partial charge in [0.25, 0.3) is 0 Å². The van der Waals surface area contributed by atoms with E-state index in [4.69, 9.17) is 0 Å². The SMILES string of the molecule is CCCC1CCc2c(ccc3ccc(F)cc23)C1c1ccc(OC(F)F)cc1. The van der Waals surface area contributed by atoms with Gasteiger partial charge in [-0.1, -0.05) is 43.7 Å². The van der Waals surface area contributed by atoms with Crippen LogP contribution in [0.4, 0.5) is 13.2 Å². The highest BCUT2D eigenvalue weighted by Gasteiger charge is 2.31. The van der Waals surface area contributed by atoms with Crippen LogP contribution in [0.2, 0.25) is 0 Å². The van der Waals surface area contributed by atoms with Gasteiger partial charge in [0.2, 0.25) is 0 Å². The molecule has 0 fully saturated rings. The summed E-state index contributed by atoms with van der Waals surface area (Å²) in [6.07, 6.45) is 4.16. The topological polar surface area (TPSA) is 9.23 Å². The van der Waals surface area contributed by atoms with E-state index < -0.39 is 6.61 Å². The molecular weight excluding hydrogens is 361 g/mol. The molecule has 28 heavy (non-hydrogen) atoms. The molecule has 0 N–H and O–H groups in total. The molecule has 1 nitrogen and oxygen atoms in total. The Bertz CT molecular complexity index is 965. The van der Waals surface area contributed by atoms with Crippen molar-refractivity contribution in [2.24, 2.45) is 5.92 Å². The summed E-state index contributed by atoms with van der Waals surface area (Å²) in [5, 5.41) is 2.03. The summed E-state index contributed by atoms with van der Waals surface area (Å²) in [5.74, 6) is 0.603. The second kappa shape index (κ2) is 7.86. The van der Waals surface area contributed by atoms with Crippen LogP contribution < -0.4 is 4.74 Å². The Balaban J connectivity index is 1.80. The van der Waals surface area contributed by atoms with Crippen molar-refractivity contribution >= 4 is 10.8 Å². The van der Waals surface area contributed by atoms with Crippen molar-refractivity contribution in [3.8, 4) is 5.75 Å². The van der Waals surface area contributed by atoms with Gasteiger partial charge in [0, 0.05) is 5.92 Å². The van der Waals surface area contributed by atoms with Crippen molar-refractivity contribution in [3.63, 3.8) is 0 Å². The fourth-order valence-electron chi connectivity index (χ4n) is 4.68. The van der Waals surface area contributed by atoms with E-state index in [1.54, 1.807) is 18.2 Å². The Hall–Kier alpha value is -2.49. The zero-order chi connectivity index (χ0) is 19.7. The highest BCUT2D eigenvalue weighted by molar-refractivity contribution is 5.87. The van der Waals surface area contributed by atoms with Crippen molar-refractivity contribution in [2.45, 2.75) is 45.1 Å². The fraction of sp³-hybridized carbons (Fsp3) is 0.333. The number of fused-ring (bicyclic) bond motifs is 3. The molecule has 0 bridgehead atoms. The highest BCUT2D eigenvalue weighted by Crippen LogP contribution is 2.45. The quantitative estimate of drug-likeness (QED) is 0.457. The molecule has 0 saturated carbocycles. The lowest BCUT2D eigenvalue weighted by Gasteiger charge is -2.35. The van der Waals surface area contributed by atoms with E-state index in [1.807, 2.05) is 18.2 Å². The summed E-state index contributed by atoms with van der Waals surface area (Å²) in [7, 11) is 0. The smallest absolute Gasteiger partial charge is 0.387 e. The van der Waals surface area contributed by atoms with Crippen LogP contribution in [0.25, 0.3) is 10.8 Å². The molecule has 0 amide bonds. The number of aryl methyl sites for hydroxylation is 1. The minimum absolute atomic E-state index is 0.169. The third-order valence-electron chi connectivity index (χ3n) is 5.83. The van der Waals surface area contributed by atoms with Crippen molar-refractivity contribution in [1.29, 1.82) is 0 Å². The van der Waals surface area contributed by atoms with Crippen molar-refractivity contribution in [1.82, 2.24) is 0 Å². The van der Waals surface area contributed by atoms with Gasteiger partial charge in [0.15, 0.2) is 0 Å². The predicted octanol–water partition coefficient (Wildman–Crippen LogP) is 7.07. The van der Waals surface area contributed by atoms with Crippen molar-refractivity contribution in [3.05, 3.63) is 77.1 Å². The van der Waals surface area contributed by atoms with E-state index in [0.29, 0.717) is 5.92 Å². The number of benzene rings is 3. The summed E-state index contributed by atoms with van der Waals surface area (Å²) < 4.78 is 43.3. The number of hydrogen-bond acceptors (Lipinski definition) is 1. The minimum atomic E-state index is -2.82. The third-order valence-corrected chi connectivity index (χ3v) is 5.83. The van der Waals surface area contributed by atoms with Gasteiger partial charge in [-0.3, -0.25) is 0 Å². The fourth-order valence-corrected chi connectivity index (χ4v) is 4.68. The zero-order valence-corrected chi connectivity index (χ0v) is 15.8. The van der Waals surface area contributed by atoms with Gasteiger partial charge >= 0.3 is 6.61 Å². The predicted molar refractivity (Wildman–Crippen MR) is 106 cm³/mol. The maximum absolute atomic E-state index is 13.9. The molecule has 0 aliphatic heterocycles. The second-order valence-electron chi connectivity index (χ2n) is 7.51. The largest absolute Gasteiger partial charge is 0.435 e. The molecule has 2 atom stereocenters. The van der Waals surface area contributed by atoms with Crippen LogP contribution in [0.15, 0.2) is 54.6 Å². The Morgan fingerprint density at radius 3 is 2.50 bits per heavy atom. The Morgan fingerprint density at radius 2 is 1.79 bits per heavy atom. The summed E-state index contributed by atoms with van der Waals surface area (Å²) in [6.45, 7) is -0.641. The standard InChI is InChI=1S/C24H23F3O/c1-2-3-16-8-12-20-21(13-7-15-4-9-18(25)14-22(15)20)23(16)17-5-10-19(11-6-17)28-24(26)27/h4-7,9-11,13-14,16,23-24H,2-3,8,12H2,1H3. The molecule has 0 saturated heterocycles. The first-order valence-electron chi connectivity index (χ1n) is 9.82. The number of ether oxygens (including phenoxy) is 1. The molecule has 0 aromatic heterocycles. The molecule has 4 heteroatoms. The molecule has 0 radical (unpaired) electrons. The molecule has 1 aliphatic rings. The van der Waals surface area contributed by atoms with Crippen LogP contribution in [0, 0.1) is 11.7 Å². The van der Waals surface area contributed by atoms with Gasteiger partial charge in [-0.15, -0.1) is 0 Å². The van der Waals surface area contributed by atoms with Crippen LogP contribution in [-0.4, -0.2) is 6.61 Å². The third kappa shape index (κ3) is 3.60. The van der Waals surface area contributed by atoms with Crippen molar-refractivity contribution in [2.75, 3.05) is 0 Å². The Morgan fingerprint density at radius 1 is 1.04 bits per heavy atom. The van der Waals surface area contributed by atoms with E-state index >= 15 is 0 Å². The number of hydrogen-bond donors (Lipinski definition) is 0. The van der Waals surface area contributed by atoms with Gasteiger partial charge < -0.3 is 4.74 Å². The highest BCUT2D eigenvalue weighted by atomic mass is 19.3. The van der Waals surface area contributed by atoms with E-state index in [2.05, 4.69) is 23.8 Å². The monoisotopic (exact) mass is 384 g/mol. The van der Waals surface area contributed by atoms with Crippen LogP contribution in [-0.2, 0) is 6.42 Å². The van der Waals surface area contributed by atoms with Gasteiger partial charge in [-0.25, -0.2) is 4.39 Å². The Kier molecular flexibility index (Phi) is 5.29. The molecule has 3 aromatic carbocycles. The summed E-state index contributed by atoms with van der Waals surface area (Å²) in [4.78, 5) is 0. The second-order valence-corrected chi connectivity index (χ2v) is 7.51. The number of halogens is 3. The first-order chi connectivity index (χ1) is 13.6. The summed E-state index contributed by atoms with van der Waals surface area (Å²) in [5.41, 5.74) is 3.53. The Labute approximate surface area is 163 Å². The first kappa shape index (κ1) is 18.9. The number of rotatable bonds is 5. The summed E-state index contributed by atoms with van der Waals surface area (Å²) in [6, 6.07) is 16.2. The molecule has 4 rings (SSSR count). The maximum atomic E-state index is 13.9. The van der Waals surface area contributed by atoms with Crippen molar-refractivity contribution < 1.29 is 17.9 Å². The van der Waals surface area contributed by atoms with Crippen LogP contribution in [0.3, 0.4) is 0 Å². The molecule has 1 aliphatic carbocycles. The molecule has 146 valence electrons. The molecule has 2 unspecified atom stereocenters. The van der Waals surface area contributed by atoms with Gasteiger partial charge in [-0.2, -0.15) is 8.78 Å². The summed E-state index contributed by atoms with van der Waals surface area (Å²) >= 11 is 0. The van der Waals surface area contributed by atoms with Gasteiger partial charge in [0.05, 0.1) is 0 Å².